The summed E-state index contributed by atoms with van der Waals surface area (Å²) in [6.07, 6.45) is 4.28. The largest absolute Gasteiger partial charge is 0.489 e. The van der Waals surface area contributed by atoms with E-state index in [1.54, 1.807) is 18.2 Å². The minimum absolute atomic E-state index is 0.225. The van der Waals surface area contributed by atoms with Crippen molar-refractivity contribution in [3.8, 4) is 5.75 Å². The lowest BCUT2D eigenvalue weighted by Gasteiger charge is -2.06. The summed E-state index contributed by atoms with van der Waals surface area (Å²) in [5, 5.41) is 3.12. The zero-order valence-electron chi connectivity index (χ0n) is 17.2. The maximum absolute atomic E-state index is 12.3. The zero-order valence-corrected chi connectivity index (χ0v) is 18.8. The van der Waals surface area contributed by atoms with Gasteiger partial charge in [-0.25, -0.2) is 13.4 Å². The van der Waals surface area contributed by atoms with Crippen LogP contribution in [0.2, 0.25) is 0 Å². The molecule has 4 rings (SSSR count). The molecule has 3 aromatic carbocycles. The number of aromatic nitrogens is 1. The smallest absolute Gasteiger partial charge is 0.250 e. The summed E-state index contributed by atoms with van der Waals surface area (Å²) in [6.45, 7) is 0.492. The van der Waals surface area contributed by atoms with Crippen LogP contribution in [0.5, 0.6) is 5.75 Å². The summed E-state index contributed by atoms with van der Waals surface area (Å²) in [7, 11) is -3.30. The van der Waals surface area contributed by atoms with Crippen LogP contribution >= 0.6 is 11.3 Å². The van der Waals surface area contributed by atoms with Crippen molar-refractivity contribution in [3.63, 3.8) is 0 Å². The Morgan fingerprint density at radius 1 is 1.06 bits per heavy atom. The van der Waals surface area contributed by atoms with Crippen LogP contribution in [0, 0.1) is 0 Å². The lowest BCUT2D eigenvalue weighted by molar-refractivity contribution is -0.111. The summed E-state index contributed by atoms with van der Waals surface area (Å²) in [4.78, 5) is 16.8. The molecule has 4 aromatic rings. The highest BCUT2D eigenvalue weighted by molar-refractivity contribution is 7.90. The lowest BCUT2D eigenvalue weighted by atomic mass is 10.2. The number of ether oxygens (including phenoxy) is 1. The number of hydrogen-bond acceptors (Lipinski definition) is 6. The van der Waals surface area contributed by atoms with Crippen molar-refractivity contribution in [1.82, 2.24) is 4.98 Å². The van der Waals surface area contributed by atoms with E-state index in [2.05, 4.69) is 10.3 Å². The molecule has 162 valence electrons. The molecule has 0 aliphatic rings. The number of carbonyl (C=O) groups excluding carboxylic acids is 1. The third-order valence-corrected chi connectivity index (χ3v) is 6.62. The molecule has 1 aromatic heterocycles. The van der Waals surface area contributed by atoms with Crippen LogP contribution in [0.25, 0.3) is 16.3 Å². The molecule has 0 bridgehead atoms. The van der Waals surface area contributed by atoms with Crippen molar-refractivity contribution in [2.75, 3.05) is 11.6 Å². The van der Waals surface area contributed by atoms with Crippen molar-refractivity contribution in [3.05, 3.63) is 90.0 Å². The molecule has 6 nitrogen and oxygen atoms in total. The van der Waals surface area contributed by atoms with Gasteiger partial charge in [-0.3, -0.25) is 10.1 Å². The minimum Gasteiger partial charge on any atom is -0.489 e. The van der Waals surface area contributed by atoms with E-state index >= 15 is 0 Å². The van der Waals surface area contributed by atoms with Crippen LogP contribution in [0.4, 0.5) is 5.13 Å². The number of anilines is 1. The van der Waals surface area contributed by atoms with Crippen molar-refractivity contribution in [2.24, 2.45) is 0 Å². The van der Waals surface area contributed by atoms with Crippen LogP contribution in [0.1, 0.15) is 11.1 Å². The first kappa shape index (κ1) is 21.7. The molecule has 8 heteroatoms. The number of carbonyl (C=O) groups is 1. The molecular weight excluding hydrogens is 444 g/mol. The summed E-state index contributed by atoms with van der Waals surface area (Å²) in [5.41, 5.74) is 2.58. The molecule has 0 radical (unpaired) electrons. The van der Waals surface area contributed by atoms with Gasteiger partial charge >= 0.3 is 0 Å². The standard InChI is InChI=1S/C24H20N2O4S2/c1-32(28,29)20-12-13-21-22(15-20)31-24(25-21)26-23(27)14-9-17-7-10-19(11-8-17)30-16-18-5-3-2-4-6-18/h2-15H,16H2,1H3,(H,25,26,27). The van der Waals surface area contributed by atoms with Gasteiger partial charge in [0.1, 0.15) is 12.4 Å². The maximum atomic E-state index is 12.3. The third-order valence-electron chi connectivity index (χ3n) is 4.57. The van der Waals surface area contributed by atoms with Gasteiger partial charge in [-0.15, -0.1) is 0 Å². The molecule has 1 heterocycles. The van der Waals surface area contributed by atoms with Crippen LogP contribution in [-0.4, -0.2) is 25.6 Å². The van der Waals surface area contributed by atoms with Gasteiger partial charge in [-0.05, 0) is 47.5 Å². The zero-order chi connectivity index (χ0) is 22.6. The number of amides is 1. The van der Waals surface area contributed by atoms with Crippen molar-refractivity contribution < 1.29 is 17.9 Å². The Bertz CT molecular complexity index is 1380. The van der Waals surface area contributed by atoms with Gasteiger partial charge in [0, 0.05) is 12.3 Å². The van der Waals surface area contributed by atoms with E-state index in [0.29, 0.717) is 22.0 Å². The number of hydrogen-bond donors (Lipinski definition) is 1. The number of thiazole rings is 1. The predicted molar refractivity (Wildman–Crippen MR) is 128 cm³/mol. The van der Waals surface area contributed by atoms with Crippen molar-refractivity contribution in [2.45, 2.75) is 11.5 Å². The first-order valence-electron chi connectivity index (χ1n) is 9.73. The fourth-order valence-electron chi connectivity index (χ4n) is 2.92. The molecule has 0 aliphatic heterocycles. The van der Waals surface area contributed by atoms with Gasteiger partial charge in [-0.2, -0.15) is 0 Å². The molecule has 0 saturated carbocycles. The Morgan fingerprint density at radius 2 is 1.81 bits per heavy atom. The van der Waals surface area contributed by atoms with E-state index in [-0.39, 0.29) is 10.8 Å². The second-order valence-electron chi connectivity index (χ2n) is 7.09. The number of rotatable bonds is 7. The molecule has 0 aliphatic carbocycles. The van der Waals surface area contributed by atoms with Crippen molar-refractivity contribution >= 4 is 48.5 Å². The van der Waals surface area contributed by atoms with E-state index in [9.17, 15) is 13.2 Å². The third kappa shape index (κ3) is 5.60. The molecule has 0 atom stereocenters. The number of nitrogens with one attached hydrogen (secondary N) is 1. The summed E-state index contributed by atoms with van der Waals surface area (Å²) >= 11 is 1.23. The summed E-state index contributed by atoms with van der Waals surface area (Å²) < 4.78 is 29.9. The van der Waals surface area contributed by atoms with Crippen LogP contribution < -0.4 is 10.1 Å². The fourth-order valence-corrected chi connectivity index (χ4v) is 4.55. The molecule has 0 unspecified atom stereocenters. The molecular formula is C24H20N2O4S2. The number of benzene rings is 3. The first-order valence-corrected chi connectivity index (χ1v) is 12.4. The van der Waals surface area contributed by atoms with Gasteiger partial charge in [0.15, 0.2) is 15.0 Å². The Balaban J connectivity index is 1.36. The van der Waals surface area contributed by atoms with E-state index in [1.165, 1.54) is 23.5 Å². The summed E-state index contributed by atoms with van der Waals surface area (Å²) in [6, 6.07) is 22.1. The normalized spacial score (nSPS) is 11.7. The average molecular weight is 465 g/mol. The second kappa shape index (κ2) is 9.33. The second-order valence-corrected chi connectivity index (χ2v) is 10.1. The highest BCUT2D eigenvalue weighted by Gasteiger charge is 2.11. The highest BCUT2D eigenvalue weighted by atomic mass is 32.2. The van der Waals surface area contributed by atoms with Crippen molar-refractivity contribution in [1.29, 1.82) is 0 Å². The van der Waals surface area contributed by atoms with Crippen LogP contribution in [0.3, 0.4) is 0 Å². The molecule has 0 fully saturated rings. The minimum atomic E-state index is -3.30. The molecule has 0 spiro atoms. The van der Waals surface area contributed by atoms with E-state index in [4.69, 9.17) is 4.74 Å². The Hall–Kier alpha value is -3.49. The van der Waals surface area contributed by atoms with Crippen LogP contribution in [0.15, 0.2) is 83.8 Å². The first-order chi connectivity index (χ1) is 15.4. The SMILES string of the molecule is CS(=O)(=O)c1ccc2nc(NC(=O)C=Cc3ccc(OCc4ccccc4)cc3)sc2c1. The number of fused-ring (bicyclic) bond motifs is 1. The number of nitrogens with zero attached hydrogens (tertiary/aromatic N) is 1. The topological polar surface area (TPSA) is 85.4 Å². The average Bonchev–Trinajstić information content (AvgIpc) is 3.18. The Morgan fingerprint density at radius 3 is 2.53 bits per heavy atom. The van der Waals surface area contributed by atoms with Crippen LogP contribution in [-0.2, 0) is 21.2 Å². The van der Waals surface area contributed by atoms with Gasteiger partial charge in [0.2, 0.25) is 5.91 Å². The molecule has 0 saturated heterocycles. The monoisotopic (exact) mass is 464 g/mol. The highest BCUT2D eigenvalue weighted by Crippen LogP contribution is 2.28. The van der Waals surface area contributed by atoms with Gasteiger partial charge < -0.3 is 4.74 Å². The fraction of sp³-hybridized carbons (Fsp3) is 0.0833. The van der Waals surface area contributed by atoms with E-state index < -0.39 is 9.84 Å². The predicted octanol–water partition coefficient (Wildman–Crippen LogP) is 4.93. The molecule has 1 amide bonds. The maximum Gasteiger partial charge on any atom is 0.250 e. The van der Waals surface area contributed by atoms with Gasteiger partial charge in [0.05, 0.1) is 15.1 Å². The van der Waals surface area contributed by atoms with Gasteiger partial charge in [-0.1, -0.05) is 53.8 Å². The Kier molecular flexibility index (Phi) is 6.34. The Labute approximate surface area is 190 Å². The van der Waals surface area contributed by atoms with E-state index in [0.717, 1.165) is 23.1 Å². The van der Waals surface area contributed by atoms with Gasteiger partial charge in [0.25, 0.3) is 0 Å². The molecule has 32 heavy (non-hydrogen) atoms. The summed E-state index contributed by atoms with van der Waals surface area (Å²) in [5.74, 6) is 0.426. The van der Waals surface area contributed by atoms with E-state index in [1.807, 2.05) is 54.6 Å². The number of sulfone groups is 1. The lowest BCUT2D eigenvalue weighted by Crippen LogP contribution is -2.07. The quantitative estimate of drug-likeness (QED) is 0.392. The molecule has 1 N–H and O–H groups in total.